The number of imidazole rings is 1. The Hall–Kier alpha value is -2.21. The minimum absolute atomic E-state index is 0.372. The average Bonchev–Trinajstić information content (AvgIpc) is 2.81. The van der Waals surface area contributed by atoms with E-state index in [4.69, 9.17) is 0 Å². The van der Waals surface area contributed by atoms with E-state index in [-0.39, 0.29) is 4.90 Å². The number of halogens is 1. The van der Waals surface area contributed by atoms with Gasteiger partial charge in [0, 0.05) is 5.56 Å². The van der Waals surface area contributed by atoms with Gasteiger partial charge >= 0.3 is 10.2 Å². The number of H-pyrrole nitrogens is 1. The molecule has 0 atom stereocenters. The molecule has 0 fully saturated rings. The molecule has 1 N–H and O–H groups in total. The molecule has 0 unspecified atom stereocenters. The quantitative estimate of drug-likeness (QED) is 0.732. The van der Waals surface area contributed by atoms with Gasteiger partial charge in [0.1, 0.15) is 10.7 Å². The van der Waals surface area contributed by atoms with E-state index >= 15 is 0 Å². The van der Waals surface area contributed by atoms with Crippen molar-refractivity contribution >= 4 is 21.3 Å². The molecule has 6 heteroatoms. The molecule has 0 aliphatic rings. The van der Waals surface area contributed by atoms with Gasteiger partial charge in [-0.15, -0.1) is 3.89 Å². The summed E-state index contributed by atoms with van der Waals surface area (Å²) < 4.78 is 34.6. The highest BCUT2D eigenvalue weighted by atomic mass is 32.3. The minimum Gasteiger partial charge on any atom is -0.338 e. The normalized spacial score (nSPS) is 11.8. The lowest BCUT2D eigenvalue weighted by atomic mass is 10.2. The van der Waals surface area contributed by atoms with E-state index in [9.17, 15) is 12.3 Å². The maximum Gasteiger partial charge on any atom is 0.332 e. The highest BCUT2D eigenvalue weighted by molar-refractivity contribution is 7.86. The molecule has 0 aliphatic carbocycles. The molecule has 0 bridgehead atoms. The molecular weight excluding hydrogens is 267 g/mol. The van der Waals surface area contributed by atoms with Crippen LogP contribution < -0.4 is 0 Å². The first-order valence-electron chi connectivity index (χ1n) is 5.54. The zero-order chi connectivity index (χ0) is 13.5. The second-order valence-electron chi connectivity index (χ2n) is 4.07. The van der Waals surface area contributed by atoms with Gasteiger partial charge in [-0.25, -0.2) is 4.98 Å². The number of nitrogens with zero attached hydrogens (tertiary/aromatic N) is 1. The Morgan fingerprint density at radius 2 is 1.79 bits per heavy atom. The zero-order valence-electron chi connectivity index (χ0n) is 9.67. The van der Waals surface area contributed by atoms with Crippen molar-refractivity contribution in [2.75, 3.05) is 0 Å². The number of benzene rings is 2. The summed E-state index contributed by atoms with van der Waals surface area (Å²) in [6, 6.07) is 13.3. The Morgan fingerprint density at radius 3 is 2.47 bits per heavy atom. The summed E-state index contributed by atoms with van der Waals surface area (Å²) in [4.78, 5) is 6.94. The number of hydrogen-bond donors (Lipinski definition) is 1. The Balaban J connectivity index is 2.17. The van der Waals surface area contributed by atoms with Gasteiger partial charge in [0.15, 0.2) is 0 Å². The molecule has 3 rings (SSSR count). The number of aromatic nitrogens is 2. The fourth-order valence-corrected chi connectivity index (χ4v) is 2.36. The first-order chi connectivity index (χ1) is 9.04. The standard InChI is InChI=1S/C13H9FN2O2S/c14-19(17,18)10-6-7-11-12(8-10)16-13(15-11)9-4-2-1-3-5-9/h1-8H,(H,15,16). The lowest BCUT2D eigenvalue weighted by molar-refractivity contribution is 0.552. The topological polar surface area (TPSA) is 62.8 Å². The smallest absolute Gasteiger partial charge is 0.332 e. The molecule has 0 spiro atoms. The summed E-state index contributed by atoms with van der Waals surface area (Å²) in [6.07, 6.45) is 0. The minimum atomic E-state index is -4.70. The van der Waals surface area contributed by atoms with Crippen molar-refractivity contribution in [2.24, 2.45) is 0 Å². The Bertz CT molecular complexity index is 841. The third-order valence-electron chi connectivity index (χ3n) is 2.78. The molecule has 0 aliphatic heterocycles. The highest BCUT2D eigenvalue weighted by Gasteiger charge is 2.14. The predicted molar refractivity (Wildman–Crippen MR) is 69.8 cm³/mol. The Kier molecular flexibility index (Phi) is 2.60. The SMILES string of the molecule is O=S(=O)(F)c1ccc2nc(-c3ccccc3)[nH]c2c1. The van der Waals surface area contributed by atoms with Crippen molar-refractivity contribution in [1.82, 2.24) is 9.97 Å². The van der Waals surface area contributed by atoms with E-state index in [0.29, 0.717) is 16.9 Å². The number of nitrogens with one attached hydrogen (secondary N) is 1. The van der Waals surface area contributed by atoms with Crippen LogP contribution in [0.1, 0.15) is 0 Å². The Labute approximate surface area is 109 Å². The van der Waals surface area contributed by atoms with Crippen LogP contribution in [0.2, 0.25) is 0 Å². The third-order valence-corrected chi connectivity index (χ3v) is 3.60. The molecule has 3 aromatic rings. The van der Waals surface area contributed by atoms with Crippen molar-refractivity contribution in [2.45, 2.75) is 4.90 Å². The fourth-order valence-electron chi connectivity index (χ4n) is 1.87. The molecule has 0 radical (unpaired) electrons. The van der Waals surface area contributed by atoms with Crippen LogP contribution in [-0.2, 0) is 10.2 Å². The van der Waals surface area contributed by atoms with Crippen LogP contribution in [-0.4, -0.2) is 18.4 Å². The molecule has 1 heterocycles. The third kappa shape index (κ3) is 2.22. The largest absolute Gasteiger partial charge is 0.338 e. The summed E-state index contributed by atoms with van der Waals surface area (Å²) in [7, 11) is -4.70. The van der Waals surface area contributed by atoms with Gasteiger partial charge < -0.3 is 4.98 Å². The first kappa shape index (κ1) is 11.9. The summed E-state index contributed by atoms with van der Waals surface area (Å²) in [6.45, 7) is 0. The fraction of sp³-hybridized carbons (Fsp3) is 0. The number of aromatic amines is 1. The molecule has 4 nitrogen and oxygen atoms in total. The van der Waals surface area contributed by atoms with Crippen LogP contribution in [0.5, 0.6) is 0 Å². The van der Waals surface area contributed by atoms with E-state index < -0.39 is 10.2 Å². The number of rotatable bonds is 2. The van der Waals surface area contributed by atoms with Crippen LogP contribution in [0.4, 0.5) is 3.89 Å². The average molecular weight is 276 g/mol. The van der Waals surface area contributed by atoms with Gasteiger partial charge in [0.05, 0.1) is 11.0 Å². The van der Waals surface area contributed by atoms with Crippen LogP contribution in [0.3, 0.4) is 0 Å². The van der Waals surface area contributed by atoms with Crippen molar-refractivity contribution in [3.05, 3.63) is 48.5 Å². The molecule has 0 amide bonds. The van der Waals surface area contributed by atoms with Crippen LogP contribution in [0, 0.1) is 0 Å². The number of fused-ring (bicyclic) bond motifs is 1. The van der Waals surface area contributed by atoms with E-state index in [1.165, 1.54) is 18.2 Å². The molecule has 96 valence electrons. The highest BCUT2D eigenvalue weighted by Crippen LogP contribution is 2.23. The number of hydrogen-bond acceptors (Lipinski definition) is 3. The van der Waals surface area contributed by atoms with Crippen LogP contribution >= 0.6 is 0 Å². The van der Waals surface area contributed by atoms with Crippen molar-refractivity contribution in [3.63, 3.8) is 0 Å². The summed E-state index contributed by atoms with van der Waals surface area (Å²) in [5.41, 5.74) is 1.95. The molecule has 19 heavy (non-hydrogen) atoms. The molecule has 1 aromatic heterocycles. The zero-order valence-corrected chi connectivity index (χ0v) is 10.5. The van der Waals surface area contributed by atoms with Crippen molar-refractivity contribution in [3.8, 4) is 11.4 Å². The second-order valence-corrected chi connectivity index (χ2v) is 5.42. The van der Waals surface area contributed by atoms with Gasteiger partial charge in [-0.1, -0.05) is 30.3 Å². The van der Waals surface area contributed by atoms with Crippen LogP contribution in [0.15, 0.2) is 53.4 Å². The maximum absolute atomic E-state index is 12.9. The van der Waals surface area contributed by atoms with Crippen molar-refractivity contribution in [1.29, 1.82) is 0 Å². The van der Waals surface area contributed by atoms with Gasteiger partial charge in [-0.05, 0) is 18.2 Å². The summed E-state index contributed by atoms with van der Waals surface area (Å²) >= 11 is 0. The van der Waals surface area contributed by atoms with E-state index in [0.717, 1.165) is 5.56 Å². The van der Waals surface area contributed by atoms with E-state index in [2.05, 4.69) is 9.97 Å². The summed E-state index contributed by atoms with van der Waals surface area (Å²) in [5.74, 6) is 0.615. The monoisotopic (exact) mass is 276 g/mol. The van der Waals surface area contributed by atoms with E-state index in [1.54, 1.807) is 0 Å². The molecule has 0 saturated heterocycles. The van der Waals surface area contributed by atoms with Gasteiger partial charge in [0.2, 0.25) is 0 Å². The van der Waals surface area contributed by atoms with Crippen LogP contribution in [0.25, 0.3) is 22.4 Å². The second kappa shape index (κ2) is 4.17. The van der Waals surface area contributed by atoms with Gasteiger partial charge in [-0.2, -0.15) is 8.42 Å². The van der Waals surface area contributed by atoms with Gasteiger partial charge in [0.25, 0.3) is 0 Å². The lowest BCUT2D eigenvalue weighted by Crippen LogP contribution is -1.90. The molecular formula is C13H9FN2O2S. The predicted octanol–water partition coefficient (Wildman–Crippen LogP) is 2.89. The first-order valence-corrected chi connectivity index (χ1v) is 6.92. The van der Waals surface area contributed by atoms with Gasteiger partial charge in [-0.3, -0.25) is 0 Å². The Morgan fingerprint density at radius 1 is 1.05 bits per heavy atom. The molecule has 2 aromatic carbocycles. The summed E-state index contributed by atoms with van der Waals surface area (Å²) in [5, 5.41) is 0. The molecule has 0 saturated carbocycles. The van der Waals surface area contributed by atoms with Crippen molar-refractivity contribution < 1.29 is 12.3 Å². The maximum atomic E-state index is 12.9. The van der Waals surface area contributed by atoms with E-state index in [1.807, 2.05) is 30.3 Å². The lowest BCUT2D eigenvalue weighted by Gasteiger charge is -1.94.